The fourth-order valence-corrected chi connectivity index (χ4v) is 3.80. The van der Waals surface area contributed by atoms with E-state index in [2.05, 4.69) is 5.32 Å². The van der Waals surface area contributed by atoms with E-state index >= 15 is 0 Å². The molecule has 2 aliphatic heterocycles. The summed E-state index contributed by atoms with van der Waals surface area (Å²) in [5.41, 5.74) is -0.242. The Morgan fingerprint density at radius 2 is 1.73 bits per heavy atom. The third kappa shape index (κ3) is 4.68. The Hall–Kier alpha value is -1.79. The molecular weight excluding hydrogens is 332 g/mol. The highest BCUT2D eigenvalue weighted by Crippen LogP contribution is 2.27. The Morgan fingerprint density at radius 1 is 1.15 bits per heavy atom. The van der Waals surface area contributed by atoms with Crippen molar-refractivity contribution in [2.75, 3.05) is 32.7 Å². The third-order valence-corrected chi connectivity index (χ3v) is 5.47. The Labute approximate surface area is 157 Å². The SMILES string of the molecule is CCN(CC)C(=O)NC1CCN(C(=O)C2CC(=O)N(C(C)(C)C)C2)CC1. The highest BCUT2D eigenvalue weighted by molar-refractivity contribution is 5.89. The van der Waals surface area contributed by atoms with Crippen LogP contribution in [0.3, 0.4) is 0 Å². The number of likely N-dealkylation sites (tertiary alicyclic amines) is 2. The molecule has 1 atom stereocenters. The predicted octanol–water partition coefficient (Wildman–Crippen LogP) is 1.68. The maximum absolute atomic E-state index is 12.8. The van der Waals surface area contributed by atoms with Gasteiger partial charge in [0.15, 0.2) is 0 Å². The van der Waals surface area contributed by atoms with E-state index in [0.29, 0.717) is 39.1 Å². The molecule has 7 nitrogen and oxygen atoms in total. The molecule has 2 aliphatic rings. The summed E-state index contributed by atoms with van der Waals surface area (Å²) in [6.45, 7) is 13.1. The molecule has 2 fully saturated rings. The second-order valence-electron chi connectivity index (χ2n) is 8.30. The van der Waals surface area contributed by atoms with Gasteiger partial charge in [-0.15, -0.1) is 0 Å². The Bertz CT molecular complexity index is 531. The van der Waals surface area contributed by atoms with Crippen molar-refractivity contribution >= 4 is 17.8 Å². The number of nitrogens with one attached hydrogen (secondary N) is 1. The number of carbonyl (C=O) groups is 3. The summed E-state index contributed by atoms with van der Waals surface area (Å²) in [7, 11) is 0. The molecule has 2 heterocycles. The lowest BCUT2D eigenvalue weighted by molar-refractivity contribution is -0.136. The fraction of sp³-hybridized carbons (Fsp3) is 0.842. The Kier molecular flexibility index (Phi) is 6.53. The van der Waals surface area contributed by atoms with Crippen LogP contribution in [0.1, 0.15) is 53.9 Å². The van der Waals surface area contributed by atoms with E-state index in [9.17, 15) is 14.4 Å². The van der Waals surface area contributed by atoms with Gasteiger partial charge in [-0.05, 0) is 47.5 Å². The zero-order valence-corrected chi connectivity index (χ0v) is 16.9. The highest BCUT2D eigenvalue weighted by Gasteiger charge is 2.41. The zero-order chi connectivity index (χ0) is 19.5. The van der Waals surface area contributed by atoms with Gasteiger partial charge in [0.1, 0.15) is 0 Å². The maximum atomic E-state index is 12.8. The normalized spacial score (nSPS) is 21.9. The van der Waals surface area contributed by atoms with Crippen LogP contribution in [-0.2, 0) is 9.59 Å². The first-order valence-electron chi connectivity index (χ1n) is 9.82. The predicted molar refractivity (Wildman–Crippen MR) is 101 cm³/mol. The van der Waals surface area contributed by atoms with Crippen LogP contribution in [-0.4, -0.2) is 76.8 Å². The molecule has 0 aromatic carbocycles. The van der Waals surface area contributed by atoms with Crippen LogP contribution in [0.15, 0.2) is 0 Å². The third-order valence-electron chi connectivity index (χ3n) is 5.47. The molecule has 7 heteroatoms. The first-order valence-corrected chi connectivity index (χ1v) is 9.82. The summed E-state index contributed by atoms with van der Waals surface area (Å²) in [5.74, 6) is -0.0839. The lowest BCUT2D eigenvalue weighted by Crippen LogP contribution is -2.51. The number of rotatable bonds is 4. The van der Waals surface area contributed by atoms with Crippen LogP contribution in [0.25, 0.3) is 0 Å². The lowest BCUT2D eigenvalue weighted by atomic mass is 10.0. The average Bonchev–Trinajstić information content (AvgIpc) is 2.98. The van der Waals surface area contributed by atoms with Crippen LogP contribution in [0.2, 0.25) is 0 Å². The summed E-state index contributed by atoms with van der Waals surface area (Å²) < 4.78 is 0. The second kappa shape index (κ2) is 8.27. The molecule has 148 valence electrons. The van der Waals surface area contributed by atoms with Crippen molar-refractivity contribution < 1.29 is 14.4 Å². The molecule has 4 amide bonds. The van der Waals surface area contributed by atoms with Gasteiger partial charge < -0.3 is 20.0 Å². The van der Waals surface area contributed by atoms with Crippen molar-refractivity contribution in [1.82, 2.24) is 20.0 Å². The Balaban J connectivity index is 1.84. The number of hydrogen-bond acceptors (Lipinski definition) is 3. The summed E-state index contributed by atoms with van der Waals surface area (Å²) in [6.07, 6.45) is 1.85. The molecule has 0 aromatic rings. The van der Waals surface area contributed by atoms with Gasteiger partial charge in [0.2, 0.25) is 11.8 Å². The van der Waals surface area contributed by atoms with Gasteiger partial charge in [0.25, 0.3) is 0 Å². The standard InChI is InChI=1S/C19H34N4O3/c1-6-21(7-2)18(26)20-15-8-10-22(11-9-15)17(25)14-12-16(24)23(13-14)19(3,4)5/h14-15H,6-13H2,1-5H3,(H,20,26). The van der Waals surface area contributed by atoms with Crippen LogP contribution in [0.5, 0.6) is 0 Å². The molecule has 0 spiro atoms. The molecule has 0 bridgehead atoms. The molecule has 2 rings (SSSR count). The largest absolute Gasteiger partial charge is 0.342 e. The van der Waals surface area contributed by atoms with Crippen molar-refractivity contribution in [3.63, 3.8) is 0 Å². The van der Waals surface area contributed by atoms with Gasteiger partial charge >= 0.3 is 6.03 Å². The molecule has 0 aromatic heterocycles. The van der Waals surface area contributed by atoms with E-state index < -0.39 is 0 Å². The summed E-state index contributed by atoms with van der Waals surface area (Å²) in [5, 5.41) is 3.07. The van der Waals surface area contributed by atoms with Gasteiger partial charge in [-0.3, -0.25) is 9.59 Å². The Morgan fingerprint density at radius 3 is 2.19 bits per heavy atom. The molecule has 0 aliphatic carbocycles. The quantitative estimate of drug-likeness (QED) is 0.823. The number of carbonyl (C=O) groups excluding carboxylic acids is 3. The van der Waals surface area contributed by atoms with E-state index in [1.54, 1.807) is 4.90 Å². The van der Waals surface area contributed by atoms with Gasteiger partial charge in [-0.1, -0.05) is 0 Å². The van der Waals surface area contributed by atoms with Gasteiger partial charge in [-0.25, -0.2) is 4.79 Å². The van der Waals surface area contributed by atoms with E-state index in [1.807, 2.05) is 44.4 Å². The van der Waals surface area contributed by atoms with Crippen molar-refractivity contribution in [3.8, 4) is 0 Å². The highest BCUT2D eigenvalue weighted by atomic mass is 16.2. The molecular formula is C19H34N4O3. The second-order valence-corrected chi connectivity index (χ2v) is 8.30. The van der Waals surface area contributed by atoms with E-state index in [4.69, 9.17) is 0 Å². The van der Waals surface area contributed by atoms with Crippen molar-refractivity contribution in [2.45, 2.75) is 65.5 Å². The van der Waals surface area contributed by atoms with Gasteiger partial charge in [0, 0.05) is 50.7 Å². The molecule has 0 saturated carbocycles. The van der Waals surface area contributed by atoms with E-state index in [-0.39, 0.29) is 35.3 Å². The average molecular weight is 367 g/mol. The van der Waals surface area contributed by atoms with Crippen molar-refractivity contribution in [2.24, 2.45) is 5.92 Å². The van der Waals surface area contributed by atoms with E-state index in [0.717, 1.165) is 12.8 Å². The van der Waals surface area contributed by atoms with Crippen molar-refractivity contribution in [1.29, 1.82) is 0 Å². The first kappa shape index (κ1) is 20.5. The van der Waals surface area contributed by atoms with Crippen LogP contribution >= 0.6 is 0 Å². The number of urea groups is 1. The zero-order valence-electron chi connectivity index (χ0n) is 16.9. The van der Waals surface area contributed by atoms with Gasteiger partial charge in [-0.2, -0.15) is 0 Å². The minimum atomic E-state index is -0.242. The number of hydrogen-bond donors (Lipinski definition) is 1. The lowest BCUT2D eigenvalue weighted by Gasteiger charge is -2.35. The minimum Gasteiger partial charge on any atom is -0.342 e. The minimum absolute atomic E-state index is 0.0259. The molecule has 0 radical (unpaired) electrons. The molecule has 2 saturated heterocycles. The number of nitrogens with zero attached hydrogens (tertiary/aromatic N) is 3. The topological polar surface area (TPSA) is 73.0 Å². The molecule has 26 heavy (non-hydrogen) atoms. The molecule has 1 unspecified atom stereocenters. The van der Waals surface area contributed by atoms with Crippen LogP contribution in [0, 0.1) is 5.92 Å². The summed E-state index contributed by atoms with van der Waals surface area (Å²) >= 11 is 0. The van der Waals surface area contributed by atoms with Crippen molar-refractivity contribution in [3.05, 3.63) is 0 Å². The summed E-state index contributed by atoms with van der Waals surface area (Å²) in [4.78, 5) is 42.6. The summed E-state index contributed by atoms with van der Waals surface area (Å²) in [6, 6.07) is 0.0884. The van der Waals surface area contributed by atoms with Crippen LogP contribution < -0.4 is 5.32 Å². The number of amides is 4. The fourth-order valence-electron chi connectivity index (χ4n) is 3.80. The number of piperidine rings is 1. The smallest absolute Gasteiger partial charge is 0.317 e. The first-order chi connectivity index (χ1) is 12.2. The van der Waals surface area contributed by atoms with Crippen LogP contribution in [0.4, 0.5) is 4.79 Å². The maximum Gasteiger partial charge on any atom is 0.317 e. The van der Waals surface area contributed by atoms with E-state index in [1.165, 1.54) is 0 Å². The molecule has 1 N–H and O–H groups in total. The monoisotopic (exact) mass is 366 g/mol. The van der Waals surface area contributed by atoms with Gasteiger partial charge in [0.05, 0.1) is 5.92 Å².